The lowest BCUT2D eigenvalue weighted by atomic mass is 9.83. The summed E-state index contributed by atoms with van der Waals surface area (Å²) in [6, 6.07) is 0.232. The summed E-state index contributed by atoms with van der Waals surface area (Å²) in [5, 5.41) is 0. The predicted octanol–water partition coefficient (Wildman–Crippen LogP) is 2.29. The van der Waals surface area contributed by atoms with Crippen molar-refractivity contribution in [3.05, 3.63) is 12.2 Å². The highest BCUT2D eigenvalue weighted by atomic mass is 14.6. The zero-order valence-corrected chi connectivity index (χ0v) is 10.1. The van der Waals surface area contributed by atoms with Crippen molar-refractivity contribution in [2.24, 2.45) is 22.8 Å². The van der Waals surface area contributed by atoms with Crippen molar-refractivity contribution in [3.63, 3.8) is 0 Å². The van der Waals surface area contributed by atoms with Crippen LogP contribution in [0.1, 0.15) is 40.5 Å². The Kier molecular flexibility index (Phi) is 5.38. The largest absolute Gasteiger partial charge is 0.330 e. The molecule has 0 aliphatic heterocycles. The lowest BCUT2D eigenvalue weighted by Gasteiger charge is -2.25. The maximum atomic E-state index is 5.99. The second-order valence-corrected chi connectivity index (χ2v) is 5.41. The molecule has 2 heteroatoms. The molecule has 0 fully saturated rings. The Balaban J connectivity index is 3.99. The van der Waals surface area contributed by atoms with Crippen molar-refractivity contribution in [3.8, 4) is 0 Å². The Morgan fingerprint density at radius 1 is 1.36 bits per heavy atom. The van der Waals surface area contributed by atoms with Crippen molar-refractivity contribution < 1.29 is 0 Å². The molecule has 84 valence electrons. The van der Waals surface area contributed by atoms with E-state index in [-0.39, 0.29) is 11.5 Å². The van der Waals surface area contributed by atoms with Crippen LogP contribution in [0.15, 0.2) is 12.2 Å². The van der Waals surface area contributed by atoms with Gasteiger partial charge in [-0.3, -0.25) is 0 Å². The molecule has 4 N–H and O–H groups in total. The molecule has 14 heavy (non-hydrogen) atoms. The molecule has 0 heterocycles. The Hall–Kier alpha value is -0.340. The van der Waals surface area contributed by atoms with Crippen LogP contribution in [-0.4, -0.2) is 12.6 Å². The van der Waals surface area contributed by atoms with Crippen LogP contribution in [-0.2, 0) is 0 Å². The van der Waals surface area contributed by atoms with Crippen LogP contribution >= 0.6 is 0 Å². The molecule has 0 saturated heterocycles. The van der Waals surface area contributed by atoms with Gasteiger partial charge in [0.2, 0.25) is 0 Å². The Morgan fingerprint density at radius 2 is 1.86 bits per heavy atom. The third-order valence-corrected chi connectivity index (χ3v) is 2.66. The average molecular weight is 198 g/mol. The van der Waals surface area contributed by atoms with Crippen LogP contribution in [0.2, 0.25) is 0 Å². The summed E-state index contributed by atoms with van der Waals surface area (Å²) in [6.07, 6.45) is 1.89. The minimum absolute atomic E-state index is 0.160. The molecule has 1 atom stereocenters. The molecule has 2 nitrogen and oxygen atoms in total. The molecule has 0 aromatic heterocycles. The number of hydrogen-bond acceptors (Lipinski definition) is 2. The van der Waals surface area contributed by atoms with Crippen molar-refractivity contribution >= 4 is 0 Å². The molecule has 0 aliphatic carbocycles. The van der Waals surface area contributed by atoms with E-state index in [1.807, 2.05) is 0 Å². The molecule has 0 aromatic rings. The van der Waals surface area contributed by atoms with E-state index in [4.69, 9.17) is 11.5 Å². The van der Waals surface area contributed by atoms with Crippen molar-refractivity contribution in [2.45, 2.75) is 46.6 Å². The number of rotatable bonds is 6. The van der Waals surface area contributed by atoms with Gasteiger partial charge in [-0.2, -0.15) is 0 Å². The maximum Gasteiger partial charge on any atom is 0.00991 e. The molecule has 0 aromatic carbocycles. The van der Waals surface area contributed by atoms with Gasteiger partial charge in [0.15, 0.2) is 0 Å². The van der Waals surface area contributed by atoms with Crippen molar-refractivity contribution in [2.75, 3.05) is 6.54 Å². The van der Waals surface area contributed by atoms with E-state index in [1.165, 1.54) is 5.57 Å². The van der Waals surface area contributed by atoms with Gasteiger partial charge in [0, 0.05) is 6.04 Å². The molecule has 0 bridgehead atoms. The average Bonchev–Trinajstić information content (AvgIpc) is 2.02. The van der Waals surface area contributed by atoms with Crippen LogP contribution < -0.4 is 11.5 Å². The highest BCUT2D eigenvalue weighted by Gasteiger charge is 2.18. The van der Waals surface area contributed by atoms with E-state index in [1.54, 1.807) is 0 Å². The molecule has 0 radical (unpaired) electrons. The summed E-state index contributed by atoms with van der Waals surface area (Å²) >= 11 is 0. The summed E-state index contributed by atoms with van der Waals surface area (Å²) in [4.78, 5) is 0. The lowest BCUT2D eigenvalue weighted by molar-refractivity contribution is 0.363. The summed E-state index contributed by atoms with van der Waals surface area (Å²) < 4.78 is 0. The van der Waals surface area contributed by atoms with Gasteiger partial charge in [0.1, 0.15) is 0 Å². The molecule has 0 spiro atoms. The topological polar surface area (TPSA) is 52.0 Å². The summed E-state index contributed by atoms with van der Waals surface area (Å²) in [7, 11) is 0. The Bertz CT molecular complexity index is 183. The van der Waals surface area contributed by atoms with E-state index in [0.717, 1.165) is 12.8 Å². The zero-order chi connectivity index (χ0) is 11.4. The fourth-order valence-electron chi connectivity index (χ4n) is 1.39. The first-order valence-corrected chi connectivity index (χ1v) is 5.41. The SMILES string of the molecule is C=C(CC(N)C(C)C)CC(C)(C)CN. The minimum Gasteiger partial charge on any atom is -0.330 e. The van der Waals surface area contributed by atoms with E-state index >= 15 is 0 Å². The van der Waals surface area contributed by atoms with Gasteiger partial charge in [0.25, 0.3) is 0 Å². The smallest absolute Gasteiger partial charge is 0.00991 e. The molecule has 0 aliphatic rings. The molecular weight excluding hydrogens is 172 g/mol. The van der Waals surface area contributed by atoms with Gasteiger partial charge in [-0.1, -0.05) is 39.8 Å². The van der Waals surface area contributed by atoms with E-state index in [9.17, 15) is 0 Å². The molecule has 1 unspecified atom stereocenters. The van der Waals surface area contributed by atoms with E-state index in [0.29, 0.717) is 12.5 Å². The fourth-order valence-corrected chi connectivity index (χ4v) is 1.39. The lowest BCUT2D eigenvalue weighted by Crippen LogP contribution is -2.29. The first-order valence-electron chi connectivity index (χ1n) is 5.41. The second kappa shape index (κ2) is 5.52. The molecule has 0 saturated carbocycles. The fraction of sp³-hybridized carbons (Fsp3) is 0.833. The quantitative estimate of drug-likeness (QED) is 0.643. The minimum atomic E-state index is 0.160. The molecule has 0 amide bonds. The van der Waals surface area contributed by atoms with Gasteiger partial charge in [0.05, 0.1) is 0 Å². The summed E-state index contributed by atoms with van der Waals surface area (Å²) in [6.45, 7) is 13.4. The zero-order valence-electron chi connectivity index (χ0n) is 10.1. The van der Waals surface area contributed by atoms with E-state index in [2.05, 4.69) is 34.3 Å². The summed E-state index contributed by atoms with van der Waals surface area (Å²) in [5.74, 6) is 0.521. The highest BCUT2D eigenvalue weighted by Crippen LogP contribution is 2.25. The highest BCUT2D eigenvalue weighted by molar-refractivity contribution is 5.01. The van der Waals surface area contributed by atoms with Gasteiger partial charge in [-0.15, -0.1) is 0 Å². The normalized spacial score (nSPS) is 14.5. The predicted molar refractivity (Wildman–Crippen MR) is 64.0 cm³/mol. The Labute approximate surface area is 88.7 Å². The number of nitrogens with two attached hydrogens (primary N) is 2. The van der Waals surface area contributed by atoms with Crippen molar-refractivity contribution in [1.82, 2.24) is 0 Å². The molecular formula is C12H26N2. The van der Waals surface area contributed by atoms with E-state index < -0.39 is 0 Å². The van der Waals surface area contributed by atoms with Gasteiger partial charge in [-0.05, 0) is 30.7 Å². The standard InChI is InChI=1S/C12H26N2/c1-9(2)11(14)6-10(3)7-12(4,5)8-13/h9,11H,3,6-8,13-14H2,1-2,4-5H3. The third-order valence-electron chi connectivity index (χ3n) is 2.66. The van der Waals surface area contributed by atoms with Crippen molar-refractivity contribution in [1.29, 1.82) is 0 Å². The van der Waals surface area contributed by atoms with Crippen LogP contribution in [0.5, 0.6) is 0 Å². The first kappa shape index (κ1) is 13.7. The van der Waals surface area contributed by atoms with Gasteiger partial charge in [-0.25, -0.2) is 0 Å². The second-order valence-electron chi connectivity index (χ2n) is 5.41. The summed E-state index contributed by atoms with van der Waals surface area (Å²) in [5.41, 5.74) is 13.0. The Morgan fingerprint density at radius 3 is 2.21 bits per heavy atom. The third kappa shape index (κ3) is 5.40. The van der Waals surface area contributed by atoms with Crippen LogP contribution in [0.25, 0.3) is 0 Å². The van der Waals surface area contributed by atoms with Crippen LogP contribution in [0.4, 0.5) is 0 Å². The monoisotopic (exact) mass is 198 g/mol. The molecule has 0 rings (SSSR count). The van der Waals surface area contributed by atoms with Gasteiger partial charge >= 0.3 is 0 Å². The van der Waals surface area contributed by atoms with Gasteiger partial charge < -0.3 is 11.5 Å². The van der Waals surface area contributed by atoms with Crippen LogP contribution in [0.3, 0.4) is 0 Å². The van der Waals surface area contributed by atoms with Crippen LogP contribution in [0, 0.1) is 11.3 Å². The maximum absolute atomic E-state index is 5.99. The number of hydrogen-bond donors (Lipinski definition) is 2. The first-order chi connectivity index (χ1) is 6.28.